The number of H-pyrrole nitrogens is 1. The number of para-hydroxylation sites is 2. The molecule has 0 spiro atoms. The Morgan fingerprint density at radius 1 is 1.50 bits per heavy atom. The molecule has 8 heteroatoms. The zero-order chi connectivity index (χ0) is 15.8. The summed E-state index contributed by atoms with van der Waals surface area (Å²) in [4.78, 5) is 18.0. The summed E-state index contributed by atoms with van der Waals surface area (Å²) in [6.45, 7) is 0.312. The van der Waals surface area contributed by atoms with Crippen molar-refractivity contribution in [2.45, 2.75) is 11.6 Å². The summed E-state index contributed by atoms with van der Waals surface area (Å²) < 4.78 is 5.29. The van der Waals surface area contributed by atoms with Crippen LogP contribution in [-0.4, -0.2) is 40.5 Å². The zero-order valence-electron chi connectivity index (χ0n) is 12.0. The Morgan fingerprint density at radius 2 is 2.32 bits per heavy atom. The Balaban J connectivity index is 2.14. The van der Waals surface area contributed by atoms with Gasteiger partial charge < -0.3 is 9.64 Å². The van der Waals surface area contributed by atoms with E-state index in [1.807, 2.05) is 12.1 Å². The molecule has 0 atom stereocenters. The molecule has 0 radical (unpaired) electrons. The SMILES string of the molecule is COc1ccccc1N(CCC#N)C(=O)CSc1ncn[nH]1. The van der Waals surface area contributed by atoms with Crippen LogP contribution in [0.15, 0.2) is 35.7 Å². The van der Waals surface area contributed by atoms with E-state index in [0.717, 1.165) is 0 Å². The summed E-state index contributed by atoms with van der Waals surface area (Å²) in [5.41, 5.74) is 0.656. The van der Waals surface area contributed by atoms with Gasteiger partial charge in [-0.25, -0.2) is 4.98 Å². The molecular weight excluding hydrogens is 302 g/mol. The Labute approximate surface area is 132 Å². The maximum absolute atomic E-state index is 12.5. The van der Waals surface area contributed by atoms with Gasteiger partial charge in [-0.05, 0) is 12.1 Å². The molecule has 0 aliphatic carbocycles. The van der Waals surface area contributed by atoms with Crippen molar-refractivity contribution in [1.82, 2.24) is 15.2 Å². The summed E-state index contributed by atoms with van der Waals surface area (Å²) in [5, 5.41) is 15.8. The second kappa shape index (κ2) is 8.05. The van der Waals surface area contributed by atoms with Gasteiger partial charge in [0.25, 0.3) is 0 Å². The van der Waals surface area contributed by atoms with Crippen LogP contribution in [0.25, 0.3) is 0 Å². The molecule has 0 aliphatic heterocycles. The van der Waals surface area contributed by atoms with Gasteiger partial charge in [0.1, 0.15) is 12.1 Å². The van der Waals surface area contributed by atoms with Gasteiger partial charge in [0.15, 0.2) is 5.16 Å². The van der Waals surface area contributed by atoms with Crippen molar-refractivity contribution >= 4 is 23.4 Å². The average Bonchev–Trinajstić information content (AvgIpc) is 3.07. The predicted octanol–water partition coefficient (Wildman–Crippen LogP) is 1.85. The minimum Gasteiger partial charge on any atom is -0.495 e. The lowest BCUT2D eigenvalue weighted by Crippen LogP contribution is -2.33. The summed E-state index contributed by atoms with van der Waals surface area (Å²) in [6, 6.07) is 9.30. The van der Waals surface area contributed by atoms with Crippen molar-refractivity contribution < 1.29 is 9.53 Å². The normalized spacial score (nSPS) is 10.0. The van der Waals surface area contributed by atoms with Gasteiger partial charge in [0.2, 0.25) is 5.91 Å². The van der Waals surface area contributed by atoms with Crippen LogP contribution in [0.4, 0.5) is 5.69 Å². The number of thioether (sulfide) groups is 1. The number of ether oxygens (including phenoxy) is 1. The highest BCUT2D eigenvalue weighted by atomic mass is 32.2. The van der Waals surface area contributed by atoms with Crippen LogP contribution in [0, 0.1) is 11.3 Å². The van der Waals surface area contributed by atoms with Gasteiger partial charge in [0, 0.05) is 6.54 Å². The number of methoxy groups -OCH3 is 1. The van der Waals surface area contributed by atoms with Crippen molar-refractivity contribution in [2.24, 2.45) is 0 Å². The smallest absolute Gasteiger partial charge is 0.237 e. The molecule has 7 nitrogen and oxygen atoms in total. The minimum atomic E-state index is -0.124. The van der Waals surface area contributed by atoms with Gasteiger partial charge in [-0.1, -0.05) is 23.9 Å². The van der Waals surface area contributed by atoms with Crippen LogP contribution >= 0.6 is 11.8 Å². The molecule has 1 heterocycles. The molecule has 0 saturated carbocycles. The van der Waals surface area contributed by atoms with Crippen molar-refractivity contribution in [3.05, 3.63) is 30.6 Å². The number of rotatable bonds is 7. The van der Waals surface area contributed by atoms with E-state index in [9.17, 15) is 4.79 Å². The number of aromatic nitrogens is 3. The lowest BCUT2D eigenvalue weighted by atomic mass is 10.2. The average molecular weight is 317 g/mol. The fourth-order valence-corrected chi connectivity index (χ4v) is 2.52. The number of anilines is 1. The monoisotopic (exact) mass is 317 g/mol. The van der Waals surface area contributed by atoms with Crippen LogP contribution in [0.5, 0.6) is 5.75 Å². The fourth-order valence-electron chi connectivity index (χ4n) is 1.87. The lowest BCUT2D eigenvalue weighted by molar-refractivity contribution is -0.116. The van der Waals surface area contributed by atoms with Crippen molar-refractivity contribution in [3.63, 3.8) is 0 Å². The standard InChI is InChI=1S/C14H15N5O2S/c1-21-12-6-3-2-5-11(12)19(8-4-7-15)13(20)9-22-14-16-10-17-18-14/h2-3,5-6,10H,4,8-9H2,1H3,(H,16,17,18). The third-order valence-corrected chi connectivity index (χ3v) is 3.71. The second-order valence-corrected chi connectivity index (χ2v) is 5.17. The van der Waals surface area contributed by atoms with Crippen molar-refractivity contribution in [3.8, 4) is 11.8 Å². The van der Waals surface area contributed by atoms with E-state index in [-0.39, 0.29) is 18.1 Å². The molecule has 1 N–H and O–H groups in total. The second-order valence-electron chi connectivity index (χ2n) is 4.20. The number of nitriles is 1. The summed E-state index contributed by atoms with van der Waals surface area (Å²) >= 11 is 1.26. The van der Waals surface area contributed by atoms with Crippen molar-refractivity contribution in [1.29, 1.82) is 5.26 Å². The van der Waals surface area contributed by atoms with Crippen LogP contribution in [0.1, 0.15) is 6.42 Å². The first kappa shape index (κ1) is 15.9. The quantitative estimate of drug-likeness (QED) is 0.783. The van der Waals surface area contributed by atoms with Gasteiger partial charge in [-0.2, -0.15) is 10.4 Å². The number of carbonyl (C=O) groups is 1. The fraction of sp³-hybridized carbons (Fsp3) is 0.286. The molecule has 0 aliphatic rings. The first-order valence-electron chi connectivity index (χ1n) is 6.54. The van der Waals surface area contributed by atoms with Crippen LogP contribution in [0.2, 0.25) is 0 Å². The number of benzene rings is 1. The first-order chi connectivity index (χ1) is 10.8. The number of hydrogen-bond donors (Lipinski definition) is 1. The maximum atomic E-state index is 12.5. The molecular formula is C14H15N5O2S. The molecule has 1 amide bonds. The molecule has 114 valence electrons. The molecule has 1 aromatic heterocycles. The Morgan fingerprint density at radius 3 is 3.00 bits per heavy atom. The molecule has 22 heavy (non-hydrogen) atoms. The third kappa shape index (κ3) is 3.99. The number of amides is 1. The summed E-state index contributed by atoms with van der Waals surface area (Å²) in [6.07, 6.45) is 1.64. The highest BCUT2D eigenvalue weighted by Crippen LogP contribution is 2.28. The van der Waals surface area contributed by atoms with Gasteiger partial charge in [0.05, 0.1) is 31.0 Å². The molecule has 2 aromatic rings. The van der Waals surface area contributed by atoms with E-state index < -0.39 is 0 Å². The zero-order valence-corrected chi connectivity index (χ0v) is 12.8. The van der Waals surface area contributed by atoms with Gasteiger partial charge in [-0.15, -0.1) is 0 Å². The maximum Gasteiger partial charge on any atom is 0.237 e. The summed E-state index contributed by atoms with van der Waals surface area (Å²) in [5.74, 6) is 0.665. The molecule has 0 bridgehead atoms. The highest BCUT2D eigenvalue weighted by Gasteiger charge is 2.19. The number of carbonyl (C=O) groups excluding carboxylic acids is 1. The number of nitrogens with one attached hydrogen (secondary N) is 1. The predicted molar refractivity (Wildman–Crippen MR) is 82.7 cm³/mol. The minimum absolute atomic E-state index is 0.124. The lowest BCUT2D eigenvalue weighted by Gasteiger charge is -2.23. The molecule has 0 saturated heterocycles. The van der Waals surface area contributed by atoms with E-state index in [2.05, 4.69) is 21.3 Å². The highest BCUT2D eigenvalue weighted by molar-refractivity contribution is 7.99. The van der Waals surface area contributed by atoms with E-state index >= 15 is 0 Å². The first-order valence-corrected chi connectivity index (χ1v) is 7.53. The third-order valence-electron chi connectivity index (χ3n) is 2.85. The number of nitrogens with zero attached hydrogens (tertiary/aromatic N) is 4. The molecule has 2 rings (SSSR count). The summed E-state index contributed by atoms with van der Waals surface area (Å²) in [7, 11) is 1.55. The Hall–Kier alpha value is -2.53. The molecule has 0 unspecified atom stereocenters. The van der Waals surface area contributed by atoms with Crippen molar-refractivity contribution in [2.75, 3.05) is 24.3 Å². The topological polar surface area (TPSA) is 94.9 Å². The Bertz CT molecular complexity index is 654. The Kier molecular flexibility index (Phi) is 5.80. The molecule has 1 aromatic carbocycles. The van der Waals surface area contributed by atoms with Crippen LogP contribution in [-0.2, 0) is 4.79 Å². The van der Waals surface area contributed by atoms with Gasteiger partial charge >= 0.3 is 0 Å². The molecule has 0 fully saturated rings. The van der Waals surface area contributed by atoms with Crippen LogP contribution < -0.4 is 9.64 Å². The number of aromatic amines is 1. The van der Waals surface area contributed by atoms with E-state index in [1.165, 1.54) is 18.1 Å². The van der Waals surface area contributed by atoms with E-state index in [4.69, 9.17) is 10.00 Å². The van der Waals surface area contributed by atoms with E-state index in [0.29, 0.717) is 23.1 Å². The number of hydrogen-bond acceptors (Lipinski definition) is 6. The van der Waals surface area contributed by atoms with Gasteiger partial charge in [-0.3, -0.25) is 9.89 Å². The van der Waals surface area contributed by atoms with Crippen LogP contribution in [0.3, 0.4) is 0 Å². The van der Waals surface area contributed by atoms with E-state index in [1.54, 1.807) is 24.1 Å². The largest absolute Gasteiger partial charge is 0.495 e.